The smallest absolute Gasteiger partial charge is 0.226 e. The monoisotopic (exact) mass is 358 g/mol. The van der Waals surface area contributed by atoms with E-state index in [9.17, 15) is 18.4 Å². The average molecular weight is 358 g/mol. The molecular weight excluding hydrogens is 338 g/mol. The number of benzene rings is 2. The summed E-state index contributed by atoms with van der Waals surface area (Å²) in [5, 5.41) is 5.21. The van der Waals surface area contributed by atoms with Crippen molar-refractivity contribution in [1.29, 1.82) is 0 Å². The van der Waals surface area contributed by atoms with E-state index in [0.29, 0.717) is 11.5 Å². The zero-order valence-electron chi connectivity index (χ0n) is 14.4. The third kappa shape index (κ3) is 4.25. The molecule has 0 aliphatic heterocycles. The van der Waals surface area contributed by atoms with Crippen LogP contribution in [0, 0.1) is 23.5 Å². The van der Waals surface area contributed by atoms with Crippen LogP contribution in [0.3, 0.4) is 0 Å². The Hall–Kier alpha value is -2.76. The number of carbonyl (C=O) groups is 2. The van der Waals surface area contributed by atoms with Gasteiger partial charge in [-0.1, -0.05) is 37.3 Å². The Morgan fingerprint density at radius 1 is 1.15 bits per heavy atom. The average Bonchev–Trinajstić information content (AvgIpc) is 3.34. The molecule has 3 rings (SSSR count). The van der Waals surface area contributed by atoms with Gasteiger partial charge in [-0.2, -0.15) is 0 Å². The predicted molar refractivity (Wildman–Crippen MR) is 95.3 cm³/mol. The number of rotatable bonds is 6. The zero-order valence-corrected chi connectivity index (χ0v) is 14.4. The highest BCUT2D eigenvalue weighted by Crippen LogP contribution is 2.37. The molecule has 2 amide bonds. The number of carbonyl (C=O) groups excluding carboxylic acids is 2. The van der Waals surface area contributed by atoms with Crippen LogP contribution in [-0.4, -0.2) is 18.4 Å². The molecule has 2 N–H and O–H groups in total. The molecular formula is C20H20F2N2O2. The van der Waals surface area contributed by atoms with E-state index >= 15 is 0 Å². The molecule has 136 valence electrons. The SMILES string of the molecule is CC1CC1C(=O)NCCC(=O)Nc1c(F)cc(F)cc1-c1ccccc1. The topological polar surface area (TPSA) is 58.2 Å². The first-order valence-corrected chi connectivity index (χ1v) is 8.57. The highest BCUT2D eigenvalue weighted by molar-refractivity contribution is 5.96. The van der Waals surface area contributed by atoms with Gasteiger partial charge in [0.25, 0.3) is 0 Å². The Balaban J connectivity index is 1.67. The minimum absolute atomic E-state index is 0.0118. The van der Waals surface area contributed by atoms with Crippen LogP contribution in [0.5, 0.6) is 0 Å². The van der Waals surface area contributed by atoms with E-state index in [1.807, 2.05) is 6.92 Å². The van der Waals surface area contributed by atoms with Gasteiger partial charge in [0, 0.05) is 30.5 Å². The maximum absolute atomic E-state index is 14.2. The fraction of sp³-hybridized carbons (Fsp3) is 0.300. The molecule has 0 aromatic heterocycles. The van der Waals surface area contributed by atoms with Crippen LogP contribution in [0.4, 0.5) is 14.5 Å². The van der Waals surface area contributed by atoms with E-state index in [-0.39, 0.29) is 36.0 Å². The lowest BCUT2D eigenvalue weighted by Gasteiger charge is -2.13. The number of amides is 2. The minimum atomic E-state index is -0.840. The van der Waals surface area contributed by atoms with E-state index in [1.165, 1.54) is 6.07 Å². The maximum Gasteiger partial charge on any atom is 0.226 e. The molecule has 1 aliphatic carbocycles. The molecule has 0 radical (unpaired) electrons. The number of hydrogen-bond acceptors (Lipinski definition) is 2. The fourth-order valence-electron chi connectivity index (χ4n) is 2.87. The first kappa shape index (κ1) is 18.0. The summed E-state index contributed by atoms with van der Waals surface area (Å²) in [6, 6.07) is 10.6. The molecule has 1 fully saturated rings. The predicted octanol–water partition coefficient (Wildman–Crippen LogP) is 3.73. The summed E-state index contributed by atoms with van der Waals surface area (Å²) in [5.41, 5.74) is 0.800. The van der Waals surface area contributed by atoms with Crippen molar-refractivity contribution < 1.29 is 18.4 Å². The largest absolute Gasteiger partial charge is 0.355 e. The quantitative estimate of drug-likeness (QED) is 0.827. The molecule has 0 spiro atoms. The maximum atomic E-state index is 14.2. The summed E-state index contributed by atoms with van der Waals surface area (Å²) in [4.78, 5) is 23.9. The lowest BCUT2D eigenvalue weighted by atomic mass is 10.0. The van der Waals surface area contributed by atoms with E-state index in [2.05, 4.69) is 10.6 Å². The van der Waals surface area contributed by atoms with Crippen molar-refractivity contribution >= 4 is 17.5 Å². The summed E-state index contributed by atoms with van der Waals surface area (Å²) < 4.78 is 27.9. The number of halogens is 2. The van der Waals surface area contributed by atoms with Gasteiger partial charge in [0.1, 0.15) is 11.6 Å². The van der Waals surface area contributed by atoms with Crippen molar-refractivity contribution in [1.82, 2.24) is 5.32 Å². The van der Waals surface area contributed by atoms with E-state index in [4.69, 9.17) is 0 Å². The lowest BCUT2D eigenvalue weighted by Crippen LogP contribution is -2.29. The van der Waals surface area contributed by atoms with Gasteiger partial charge < -0.3 is 10.6 Å². The van der Waals surface area contributed by atoms with Crippen LogP contribution in [-0.2, 0) is 9.59 Å². The highest BCUT2D eigenvalue weighted by atomic mass is 19.1. The van der Waals surface area contributed by atoms with Gasteiger partial charge in [-0.25, -0.2) is 8.78 Å². The first-order chi connectivity index (χ1) is 12.5. The number of hydrogen-bond donors (Lipinski definition) is 2. The van der Waals surface area contributed by atoms with Crippen LogP contribution in [0.25, 0.3) is 11.1 Å². The van der Waals surface area contributed by atoms with E-state index < -0.39 is 17.5 Å². The lowest BCUT2D eigenvalue weighted by molar-refractivity contribution is -0.122. The van der Waals surface area contributed by atoms with Crippen molar-refractivity contribution in [3.05, 3.63) is 54.1 Å². The Morgan fingerprint density at radius 2 is 1.85 bits per heavy atom. The molecule has 4 nitrogen and oxygen atoms in total. The molecule has 1 aliphatic rings. The molecule has 0 bridgehead atoms. The van der Waals surface area contributed by atoms with Crippen LogP contribution < -0.4 is 10.6 Å². The molecule has 1 saturated carbocycles. The Labute approximate surface area is 150 Å². The Kier molecular flexibility index (Phi) is 5.30. The third-order valence-corrected chi connectivity index (χ3v) is 4.50. The molecule has 26 heavy (non-hydrogen) atoms. The van der Waals surface area contributed by atoms with Crippen LogP contribution >= 0.6 is 0 Å². The molecule has 0 heterocycles. The highest BCUT2D eigenvalue weighted by Gasteiger charge is 2.38. The molecule has 2 aromatic carbocycles. The van der Waals surface area contributed by atoms with Crippen molar-refractivity contribution in [2.75, 3.05) is 11.9 Å². The van der Waals surface area contributed by atoms with Crippen molar-refractivity contribution in [2.24, 2.45) is 11.8 Å². The van der Waals surface area contributed by atoms with Crippen LogP contribution in [0.15, 0.2) is 42.5 Å². The van der Waals surface area contributed by atoms with Gasteiger partial charge in [0.15, 0.2) is 0 Å². The normalized spacial score (nSPS) is 18.3. The number of anilines is 1. The molecule has 6 heteroatoms. The standard InChI is InChI=1S/C20H20F2N2O2/c1-12-9-15(12)20(26)23-8-7-18(25)24-19-16(10-14(21)11-17(19)22)13-5-3-2-4-6-13/h2-6,10-12,15H,7-9H2,1H3,(H,23,26)(H,24,25). The van der Waals surface area contributed by atoms with Gasteiger partial charge in [-0.05, 0) is 24.0 Å². The molecule has 0 saturated heterocycles. The van der Waals surface area contributed by atoms with Crippen molar-refractivity contribution in [3.8, 4) is 11.1 Å². The number of nitrogens with one attached hydrogen (secondary N) is 2. The van der Waals surface area contributed by atoms with Crippen molar-refractivity contribution in [3.63, 3.8) is 0 Å². The second-order valence-corrected chi connectivity index (χ2v) is 6.58. The first-order valence-electron chi connectivity index (χ1n) is 8.57. The second-order valence-electron chi connectivity index (χ2n) is 6.58. The fourth-order valence-corrected chi connectivity index (χ4v) is 2.87. The minimum Gasteiger partial charge on any atom is -0.355 e. The van der Waals surface area contributed by atoms with Gasteiger partial charge in [0.2, 0.25) is 11.8 Å². The summed E-state index contributed by atoms with van der Waals surface area (Å²) in [6.45, 7) is 2.18. The van der Waals surface area contributed by atoms with E-state index in [1.54, 1.807) is 30.3 Å². The van der Waals surface area contributed by atoms with E-state index in [0.717, 1.165) is 12.5 Å². The van der Waals surface area contributed by atoms with Crippen LogP contribution in [0.2, 0.25) is 0 Å². The summed E-state index contributed by atoms with van der Waals surface area (Å²) >= 11 is 0. The summed E-state index contributed by atoms with van der Waals surface area (Å²) in [6.07, 6.45) is 0.886. The Morgan fingerprint density at radius 3 is 2.50 bits per heavy atom. The summed E-state index contributed by atoms with van der Waals surface area (Å²) in [5.74, 6) is -1.62. The Bertz CT molecular complexity index is 824. The van der Waals surface area contributed by atoms with Gasteiger partial charge in [-0.15, -0.1) is 0 Å². The zero-order chi connectivity index (χ0) is 18.7. The molecule has 2 unspecified atom stereocenters. The van der Waals surface area contributed by atoms with Crippen LogP contribution in [0.1, 0.15) is 19.8 Å². The van der Waals surface area contributed by atoms with Gasteiger partial charge in [0.05, 0.1) is 5.69 Å². The molecule has 2 atom stereocenters. The molecule has 2 aromatic rings. The second kappa shape index (κ2) is 7.64. The third-order valence-electron chi connectivity index (χ3n) is 4.50. The summed E-state index contributed by atoms with van der Waals surface area (Å²) in [7, 11) is 0. The van der Waals surface area contributed by atoms with Gasteiger partial charge >= 0.3 is 0 Å². The van der Waals surface area contributed by atoms with Crippen molar-refractivity contribution in [2.45, 2.75) is 19.8 Å². The van der Waals surface area contributed by atoms with Gasteiger partial charge in [-0.3, -0.25) is 9.59 Å².